The third kappa shape index (κ3) is 6.02. The van der Waals surface area contributed by atoms with E-state index in [1.165, 1.54) is 20.0 Å². The van der Waals surface area contributed by atoms with Crippen LogP contribution in [0, 0.1) is 0 Å². The molecule has 0 bridgehead atoms. The summed E-state index contributed by atoms with van der Waals surface area (Å²) < 4.78 is 4.88. The fraction of sp³-hybridized carbons (Fsp3) is 0.800. The number of carboxylic acid groups (broad SMARTS) is 1. The van der Waals surface area contributed by atoms with E-state index < -0.39 is 36.4 Å². The van der Waals surface area contributed by atoms with E-state index in [1.807, 2.05) is 0 Å². The lowest BCUT2D eigenvalue weighted by Crippen LogP contribution is -2.50. The van der Waals surface area contributed by atoms with Gasteiger partial charge in [-0.05, 0) is 19.3 Å². The Balaban J connectivity index is 2.64. The van der Waals surface area contributed by atoms with Gasteiger partial charge in [0.05, 0.1) is 19.6 Å². The summed E-state index contributed by atoms with van der Waals surface area (Å²) in [5.74, 6) is -1.96. The Morgan fingerprint density at radius 3 is 2.43 bits per heavy atom. The summed E-state index contributed by atoms with van der Waals surface area (Å²) >= 11 is 1.68. The molecule has 0 unspecified atom stereocenters. The number of carbonyl (C=O) groups excluding carboxylic acids is 2. The molecule has 1 aliphatic carbocycles. The number of nitrogens with two attached hydrogens (primary N) is 1. The van der Waals surface area contributed by atoms with Crippen molar-refractivity contribution < 1.29 is 24.2 Å². The molecule has 0 aromatic rings. The molecular formula is C15H26N2O5S. The Morgan fingerprint density at radius 1 is 1.35 bits per heavy atom. The van der Waals surface area contributed by atoms with Crippen LogP contribution in [0.4, 0.5) is 0 Å². The van der Waals surface area contributed by atoms with Crippen molar-refractivity contribution in [2.75, 3.05) is 12.9 Å². The molecule has 1 saturated carbocycles. The minimum Gasteiger partial charge on any atom is -0.481 e. The summed E-state index contributed by atoms with van der Waals surface area (Å²) in [4.78, 5) is 34.4. The first-order valence-corrected chi connectivity index (χ1v) is 8.81. The summed E-state index contributed by atoms with van der Waals surface area (Å²) in [6.45, 7) is 2.13. The van der Waals surface area contributed by atoms with Gasteiger partial charge < -0.3 is 20.9 Å². The predicted molar refractivity (Wildman–Crippen MR) is 88.1 cm³/mol. The number of carbonyl (C=O) groups is 3. The minimum atomic E-state index is -1.18. The van der Waals surface area contributed by atoms with Crippen molar-refractivity contribution in [3.63, 3.8) is 0 Å². The van der Waals surface area contributed by atoms with Gasteiger partial charge in [0.2, 0.25) is 5.91 Å². The van der Waals surface area contributed by atoms with Gasteiger partial charge in [-0.25, -0.2) is 4.79 Å². The van der Waals surface area contributed by atoms with Crippen molar-refractivity contribution in [2.24, 2.45) is 5.73 Å². The minimum absolute atomic E-state index is 0.153. The largest absolute Gasteiger partial charge is 0.481 e. The summed E-state index contributed by atoms with van der Waals surface area (Å²) in [5, 5.41) is 11.2. The molecule has 0 aromatic heterocycles. The fourth-order valence-electron chi connectivity index (χ4n) is 2.75. The van der Waals surface area contributed by atoms with Gasteiger partial charge in [-0.1, -0.05) is 19.8 Å². The van der Waals surface area contributed by atoms with Crippen LogP contribution in [0.3, 0.4) is 0 Å². The monoisotopic (exact) mass is 346 g/mol. The summed E-state index contributed by atoms with van der Waals surface area (Å²) in [6, 6.07) is -2.00. The molecule has 1 aliphatic rings. The number of hydrogen-bond donors (Lipinski definition) is 3. The second-order valence-electron chi connectivity index (χ2n) is 5.84. The SMILES string of the molecule is CCC1(SC[C@H](NC(=O)[C@@H](N)CC(=O)O)C(=O)OC)CCCC1. The predicted octanol–water partition coefficient (Wildman–Crippen LogP) is 0.902. The second kappa shape index (κ2) is 9.12. The maximum atomic E-state index is 11.9. The summed E-state index contributed by atoms with van der Waals surface area (Å²) in [6.07, 6.45) is 5.10. The van der Waals surface area contributed by atoms with Gasteiger partial charge in [0.25, 0.3) is 0 Å². The number of methoxy groups -OCH3 is 1. The van der Waals surface area contributed by atoms with Crippen molar-refractivity contribution in [3.05, 3.63) is 0 Å². The van der Waals surface area contributed by atoms with E-state index in [-0.39, 0.29) is 4.75 Å². The lowest BCUT2D eigenvalue weighted by Gasteiger charge is -2.29. The Morgan fingerprint density at radius 2 is 1.96 bits per heavy atom. The van der Waals surface area contributed by atoms with Crippen LogP contribution >= 0.6 is 11.8 Å². The highest BCUT2D eigenvalue weighted by molar-refractivity contribution is 8.00. The smallest absolute Gasteiger partial charge is 0.329 e. The maximum Gasteiger partial charge on any atom is 0.329 e. The fourth-order valence-corrected chi connectivity index (χ4v) is 4.27. The highest BCUT2D eigenvalue weighted by Crippen LogP contribution is 2.44. The topological polar surface area (TPSA) is 119 Å². The number of nitrogens with one attached hydrogen (secondary N) is 1. The number of ether oxygens (including phenoxy) is 1. The molecule has 1 amide bonds. The van der Waals surface area contributed by atoms with E-state index in [0.29, 0.717) is 5.75 Å². The Bertz CT molecular complexity index is 438. The first-order chi connectivity index (χ1) is 10.8. The van der Waals surface area contributed by atoms with Crippen molar-refractivity contribution >= 4 is 29.6 Å². The van der Waals surface area contributed by atoms with Crippen LogP contribution in [0.25, 0.3) is 0 Å². The van der Waals surface area contributed by atoms with Crippen molar-refractivity contribution in [1.29, 1.82) is 0 Å². The Hall–Kier alpha value is -1.28. The molecule has 0 heterocycles. The van der Waals surface area contributed by atoms with E-state index in [2.05, 4.69) is 12.2 Å². The molecule has 4 N–H and O–H groups in total. The Kier molecular flexibility index (Phi) is 7.84. The standard InChI is InChI=1S/C15H26N2O5S/c1-3-15(6-4-5-7-15)23-9-11(14(21)22-2)17-13(20)10(16)8-12(18)19/h10-11H,3-9,16H2,1-2H3,(H,17,20)(H,18,19)/t10-,11-/m0/s1. The van der Waals surface area contributed by atoms with Crippen LogP contribution < -0.4 is 11.1 Å². The molecule has 23 heavy (non-hydrogen) atoms. The van der Waals surface area contributed by atoms with Gasteiger partial charge in [0, 0.05) is 10.5 Å². The number of thioether (sulfide) groups is 1. The van der Waals surface area contributed by atoms with Crippen molar-refractivity contribution in [2.45, 2.75) is 62.3 Å². The van der Waals surface area contributed by atoms with Crippen LogP contribution in [0.5, 0.6) is 0 Å². The number of carboxylic acids is 1. The van der Waals surface area contributed by atoms with E-state index in [4.69, 9.17) is 15.6 Å². The molecule has 8 heteroatoms. The second-order valence-corrected chi connectivity index (χ2v) is 7.33. The van der Waals surface area contributed by atoms with E-state index in [0.717, 1.165) is 19.3 Å². The first kappa shape index (κ1) is 19.8. The normalized spacial score (nSPS) is 18.9. The molecule has 7 nitrogen and oxygen atoms in total. The number of hydrogen-bond acceptors (Lipinski definition) is 6. The van der Waals surface area contributed by atoms with Crippen molar-refractivity contribution in [1.82, 2.24) is 5.32 Å². The molecule has 0 radical (unpaired) electrons. The average molecular weight is 346 g/mol. The zero-order valence-corrected chi connectivity index (χ0v) is 14.5. The number of esters is 1. The first-order valence-electron chi connectivity index (χ1n) is 7.83. The van der Waals surface area contributed by atoms with Gasteiger partial charge in [-0.2, -0.15) is 11.8 Å². The number of rotatable bonds is 9. The third-order valence-electron chi connectivity index (χ3n) is 4.25. The van der Waals surface area contributed by atoms with Crippen molar-refractivity contribution in [3.8, 4) is 0 Å². The van der Waals surface area contributed by atoms with E-state index in [9.17, 15) is 14.4 Å². The zero-order chi connectivity index (χ0) is 17.5. The molecule has 132 valence electrons. The van der Waals surface area contributed by atoms with Crippen LogP contribution in [0.2, 0.25) is 0 Å². The van der Waals surface area contributed by atoms with Crippen LogP contribution in [-0.2, 0) is 19.1 Å². The van der Waals surface area contributed by atoms with Gasteiger partial charge >= 0.3 is 11.9 Å². The lowest BCUT2D eigenvalue weighted by atomic mass is 10.0. The maximum absolute atomic E-state index is 11.9. The highest BCUT2D eigenvalue weighted by atomic mass is 32.2. The molecule has 0 aliphatic heterocycles. The molecular weight excluding hydrogens is 320 g/mol. The lowest BCUT2D eigenvalue weighted by molar-refractivity contribution is -0.144. The Labute approximate surface area is 140 Å². The van der Waals surface area contributed by atoms with Crippen LogP contribution in [0.1, 0.15) is 45.4 Å². The molecule has 0 aromatic carbocycles. The number of aliphatic carboxylic acids is 1. The molecule has 1 rings (SSSR count). The summed E-state index contributed by atoms with van der Waals surface area (Å²) in [5.41, 5.74) is 5.53. The van der Waals surface area contributed by atoms with E-state index in [1.54, 1.807) is 11.8 Å². The molecule has 2 atom stereocenters. The van der Waals surface area contributed by atoms with Crippen LogP contribution in [0.15, 0.2) is 0 Å². The molecule has 0 spiro atoms. The third-order valence-corrected chi connectivity index (χ3v) is 6.06. The van der Waals surface area contributed by atoms with Crippen LogP contribution in [-0.4, -0.2) is 52.6 Å². The van der Waals surface area contributed by atoms with E-state index >= 15 is 0 Å². The summed E-state index contributed by atoms with van der Waals surface area (Å²) in [7, 11) is 1.26. The molecule has 0 saturated heterocycles. The molecule has 1 fully saturated rings. The highest BCUT2D eigenvalue weighted by Gasteiger charge is 2.35. The van der Waals surface area contributed by atoms with Gasteiger partial charge in [0.1, 0.15) is 6.04 Å². The number of amides is 1. The zero-order valence-electron chi connectivity index (χ0n) is 13.7. The van der Waals surface area contributed by atoms with Gasteiger partial charge in [0.15, 0.2) is 0 Å². The van der Waals surface area contributed by atoms with Gasteiger partial charge in [-0.3, -0.25) is 9.59 Å². The quantitative estimate of drug-likeness (QED) is 0.531. The average Bonchev–Trinajstić information content (AvgIpc) is 2.99. The van der Waals surface area contributed by atoms with Gasteiger partial charge in [-0.15, -0.1) is 0 Å².